The maximum absolute atomic E-state index is 12.7. The first-order chi connectivity index (χ1) is 6.25. The summed E-state index contributed by atoms with van der Waals surface area (Å²) in [5, 5.41) is 0. The Labute approximate surface area is 76.6 Å². The van der Waals surface area contributed by atoms with E-state index in [2.05, 4.69) is 21.8 Å². The molecule has 3 nitrogen and oxygen atoms in total. The molecule has 1 aromatic rings. The largest absolute Gasteiger partial charge is 0.356 e. The van der Waals surface area contributed by atoms with Gasteiger partial charge in [-0.15, -0.1) is 0 Å². The number of rotatable bonds is 1. The molecular formula is C9H12FN3. The summed E-state index contributed by atoms with van der Waals surface area (Å²) in [6.07, 6.45) is 2.43. The van der Waals surface area contributed by atoms with Crippen LogP contribution < -0.4 is 4.90 Å². The number of aromatic nitrogens is 2. The van der Waals surface area contributed by atoms with Crippen molar-refractivity contribution in [1.29, 1.82) is 0 Å². The Morgan fingerprint density at radius 2 is 2.38 bits per heavy atom. The Morgan fingerprint density at radius 3 is 3.00 bits per heavy atom. The fourth-order valence-corrected chi connectivity index (χ4v) is 1.64. The number of hydrogen-bond acceptors (Lipinski definition) is 3. The molecule has 1 fully saturated rings. The van der Waals surface area contributed by atoms with Gasteiger partial charge in [-0.2, -0.15) is 4.39 Å². The SMILES string of the molecule is CC1CCN(c2cc(F)ncn2)C1. The molecule has 0 spiro atoms. The minimum Gasteiger partial charge on any atom is -0.356 e. The summed E-state index contributed by atoms with van der Waals surface area (Å²) in [5.74, 6) is 0.930. The molecule has 0 radical (unpaired) electrons. The second kappa shape index (κ2) is 3.28. The van der Waals surface area contributed by atoms with Crippen molar-refractivity contribution in [3.63, 3.8) is 0 Å². The number of nitrogens with zero attached hydrogens (tertiary/aromatic N) is 3. The summed E-state index contributed by atoms with van der Waals surface area (Å²) in [6.45, 7) is 4.13. The van der Waals surface area contributed by atoms with Gasteiger partial charge in [0, 0.05) is 19.2 Å². The van der Waals surface area contributed by atoms with Gasteiger partial charge in [0.25, 0.3) is 0 Å². The van der Waals surface area contributed by atoms with Crippen LogP contribution in [0, 0.1) is 11.9 Å². The topological polar surface area (TPSA) is 29.0 Å². The van der Waals surface area contributed by atoms with E-state index in [4.69, 9.17) is 0 Å². The lowest BCUT2D eigenvalue weighted by atomic mass is 10.2. The third-order valence-electron chi connectivity index (χ3n) is 2.37. The molecule has 1 aliphatic rings. The minimum absolute atomic E-state index is 0.454. The van der Waals surface area contributed by atoms with Crippen LogP contribution in [0.3, 0.4) is 0 Å². The Morgan fingerprint density at radius 1 is 1.54 bits per heavy atom. The monoisotopic (exact) mass is 181 g/mol. The lowest BCUT2D eigenvalue weighted by Gasteiger charge is -2.15. The number of hydrogen-bond donors (Lipinski definition) is 0. The summed E-state index contributed by atoms with van der Waals surface area (Å²) >= 11 is 0. The lowest BCUT2D eigenvalue weighted by Crippen LogP contribution is -2.20. The number of halogens is 1. The molecule has 0 N–H and O–H groups in total. The smallest absolute Gasteiger partial charge is 0.218 e. The van der Waals surface area contributed by atoms with E-state index < -0.39 is 5.95 Å². The predicted molar refractivity (Wildman–Crippen MR) is 48.0 cm³/mol. The molecular weight excluding hydrogens is 169 g/mol. The van der Waals surface area contributed by atoms with Crippen molar-refractivity contribution in [2.75, 3.05) is 18.0 Å². The van der Waals surface area contributed by atoms with Gasteiger partial charge in [0.1, 0.15) is 12.1 Å². The van der Waals surface area contributed by atoms with Crippen LogP contribution in [0.2, 0.25) is 0 Å². The van der Waals surface area contributed by atoms with E-state index in [0.717, 1.165) is 19.5 Å². The summed E-state index contributed by atoms with van der Waals surface area (Å²) < 4.78 is 12.7. The Hall–Kier alpha value is -1.19. The van der Waals surface area contributed by atoms with Crippen molar-refractivity contribution in [1.82, 2.24) is 9.97 Å². The zero-order chi connectivity index (χ0) is 9.26. The van der Waals surface area contributed by atoms with Gasteiger partial charge in [-0.25, -0.2) is 9.97 Å². The van der Waals surface area contributed by atoms with E-state index >= 15 is 0 Å². The van der Waals surface area contributed by atoms with Crippen LogP contribution in [0.25, 0.3) is 0 Å². The third-order valence-corrected chi connectivity index (χ3v) is 2.37. The Kier molecular flexibility index (Phi) is 2.12. The zero-order valence-electron chi connectivity index (χ0n) is 7.57. The molecule has 0 aliphatic carbocycles. The highest BCUT2D eigenvalue weighted by Gasteiger charge is 2.19. The van der Waals surface area contributed by atoms with Crippen LogP contribution in [0.1, 0.15) is 13.3 Å². The van der Waals surface area contributed by atoms with E-state index in [1.165, 1.54) is 12.4 Å². The van der Waals surface area contributed by atoms with Crippen molar-refractivity contribution in [2.24, 2.45) is 5.92 Å². The predicted octanol–water partition coefficient (Wildman–Crippen LogP) is 1.46. The van der Waals surface area contributed by atoms with E-state index in [1.54, 1.807) is 0 Å². The van der Waals surface area contributed by atoms with Crippen LogP contribution >= 0.6 is 0 Å². The first-order valence-corrected chi connectivity index (χ1v) is 4.48. The zero-order valence-corrected chi connectivity index (χ0v) is 7.57. The van der Waals surface area contributed by atoms with Crippen molar-refractivity contribution in [3.05, 3.63) is 18.3 Å². The molecule has 0 amide bonds. The molecule has 0 aromatic carbocycles. The molecule has 1 unspecified atom stereocenters. The van der Waals surface area contributed by atoms with Crippen LogP contribution in [0.4, 0.5) is 10.2 Å². The Bertz CT molecular complexity index is 303. The second-order valence-corrected chi connectivity index (χ2v) is 3.54. The van der Waals surface area contributed by atoms with Gasteiger partial charge in [0.05, 0.1) is 0 Å². The minimum atomic E-state index is -0.454. The summed E-state index contributed by atoms with van der Waals surface area (Å²) in [5.41, 5.74) is 0. The average Bonchev–Trinajstić information content (AvgIpc) is 2.52. The molecule has 1 aromatic heterocycles. The molecule has 13 heavy (non-hydrogen) atoms. The van der Waals surface area contributed by atoms with Crippen molar-refractivity contribution < 1.29 is 4.39 Å². The molecule has 1 saturated heterocycles. The lowest BCUT2D eigenvalue weighted by molar-refractivity contribution is 0.578. The molecule has 70 valence electrons. The van der Waals surface area contributed by atoms with Crippen LogP contribution in [-0.2, 0) is 0 Å². The molecule has 0 saturated carbocycles. The third kappa shape index (κ3) is 1.76. The molecule has 4 heteroatoms. The van der Waals surface area contributed by atoms with E-state index in [9.17, 15) is 4.39 Å². The molecule has 1 aliphatic heterocycles. The molecule has 2 rings (SSSR count). The van der Waals surface area contributed by atoms with Gasteiger partial charge in [0.2, 0.25) is 5.95 Å². The second-order valence-electron chi connectivity index (χ2n) is 3.54. The quantitative estimate of drug-likeness (QED) is 0.614. The fourth-order valence-electron chi connectivity index (χ4n) is 1.64. The van der Waals surface area contributed by atoms with Gasteiger partial charge in [-0.3, -0.25) is 0 Å². The molecule has 2 heterocycles. The first kappa shape index (κ1) is 8.41. The number of anilines is 1. The van der Waals surface area contributed by atoms with E-state index in [1.807, 2.05) is 0 Å². The van der Waals surface area contributed by atoms with E-state index in [0.29, 0.717) is 11.7 Å². The highest BCUT2D eigenvalue weighted by Crippen LogP contribution is 2.20. The van der Waals surface area contributed by atoms with Crippen molar-refractivity contribution >= 4 is 5.82 Å². The standard InChI is InChI=1S/C9H12FN3/c1-7-2-3-13(5-7)9-4-8(10)11-6-12-9/h4,6-7H,2-3,5H2,1H3. The fraction of sp³-hybridized carbons (Fsp3) is 0.556. The van der Waals surface area contributed by atoms with Gasteiger partial charge in [0.15, 0.2) is 0 Å². The van der Waals surface area contributed by atoms with Gasteiger partial charge in [-0.1, -0.05) is 6.92 Å². The molecule has 0 bridgehead atoms. The molecule has 1 atom stereocenters. The highest BCUT2D eigenvalue weighted by molar-refractivity contribution is 5.37. The van der Waals surface area contributed by atoms with Crippen molar-refractivity contribution in [2.45, 2.75) is 13.3 Å². The summed E-state index contributed by atoms with van der Waals surface area (Å²) in [6, 6.07) is 1.39. The van der Waals surface area contributed by atoms with Crippen LogP contribution in [0.5, 0.6) is 0 Å². The van der Waals surface area contributed by atoms with Gasteiger partial charge in [-0.05, 0) is 12.3 Å². The van der Waals surface area contributed by atoms with Gasteiger partial charge < -0.3 is 4.90 Å². The Balaban J connectivity index is 2.16. The first-order valence-electron chi connectivity index (χ1n) is 4.48. The van der Waals surface area contributed by atoms with Crippen molar-refractivity contribution in [3.8, 4) is 0 Å². The maximum atomic E-state index is 12.7. The van der Waals surface area contributed by atoms with Crippen LogP contribution in [0.15, 0.2) is 12.4 Å². The van der Waals surface area contributed by atoms with Gasteiger partial charge >= 0.3 is 0 Å². The van der Waals surface area contributed by atoms with E-state index in [-0.39, 0.29) is 0 Å². The summed E-state index contributed by atoms with van der Waals surface area (Å²) in [4.78, 5) is 9.55. The maximum Gasteiger partial charge on any atom is 0.218 e. The normalized spacial score (nSPS) is 22.3. The average molecular weight is 181 g/mol. The highest BCUT2D eigenvalue weighted by atomic mass is 19.1. The van der Waals surface area contributed by atoms with Crippen LogP contribution in [-0.4, -0.2) is 23.1 Å². The summed E-state index contributed by atoms with van der Waals surface area (Å²) in [7, 11) is 0.